The highest BCUT2D eigenvalue weighted by atomic mass is 79.9. The third kappa shape index (κ3) is 5.14. The largest absolute Gasteiger partial charge is 0.484 e. The number of amides is 1. The van der Waals surface area contributed by atoms with Gasteiger partial charge < -0.3 is 14.5 Å². The van der Waals surface area contributed by atoms with Gasteiger partial charge in [-0.2, -0.15) is 0 Å². The van der Waals surface area contributed by atoms with Gasteiger partial charge in [-0.05, 0) is 72.5 Å². The zero-order chi connectivity index (χ0) is 22.7. The second-order valence-electron chi connectivity index (χ2n) is 7.54. The molecule has 32 heavy (non-hydrogen) atoms. The summed E-state index contributed by atoms with van der Waals surface area (Å²) in [4.78, 5) is 17.0. The van der Waals surface area contributed by atoms with E-state index in [1.54, 1.807) is 24.3 Å². The van der Waals surface area contributed by atoms with Gasteiger partial charge >= 0.3 is 0 Å². The van der Waals surface area contributed by atoms with E-state index in [0.717, 1.165) is 27.6 Å². The molecule has 164 valence electrons. The molecule has 4 rings (SSSR count). The van der Waals surface area contributed by atoms with Gasteiger partial charge in [0.1, 0.15) is 11.3 Å². The highest BCUT2D eigenvalue weighted by molar-refractivity contribution is 9.10. The lowest BCUT2D eigenvalue weighted by Gasteiger charge is -2.10. The number of hydrogen-bond donors (Lipinski definition) is 1. The number of nitrogens with zero attached hydrogens (tertiary/aromatic N) is 1. The third-order valence-electron chi connectivity index (χ3n) is 5.26. The Balaban J connectivity index is 1.50. The fraction of sp³-hybridized carbons (Fsp3) is 0.200. The Morgan fingerprint density at radius 1 is 1.16 bits per heavy atom. The first-order valence-electron chi connectivity index (χ1n) is 10.3. The highest BCUT2D eigenvalue weighted by Crippen LogP contribution is 2.32. The SMILES string of the molecule is CCC(C)c1ccc2oc(-c3ccc(Cl)c(NC(=O)COc4ccc(Br)cc4)c3)nc2c1. The molecule has 0 fully saturated rings. The number of oxazole rings is 1. The molecule has 1 N–H and O–H groups in total. The molecule has 0 saturated carbocycles. The van der Waals surface area contributed by atoms with Crippen LogP contribution in [0, 0.1) is 0 Å². The summed E-state index contributed by atoms with van der Waals surface area (Å²) in [6.45, 7) is 4.22. The van der Waals surface area contributed by atoms with Crippen LogP contribution in [0.3, 0.4) is 0 Å². The molecule has 1 aromatic heterocycles. The molecular weight excluding hydrogens is 492 g/mol. The van der Waals surface area contributed by atoms with E-state index in [2.05, 4.69) is 52.2 Å². The first-order valence-corrected chi connectivity index (χ1v) is 11.5. The van der Waals surface area contributed by atoms with Crippen molar-refractivity contribution in [2.24, 2.45) is 0 Å². The van der Waals surface area contributed by atoms with E-state index in [1.807, 2.05) is 24.3 Å². The minimum Gasteiger partial charge on any atom is -0.484 e. The van der Waals surface area contributed by atoms with Crippen molar-refractivity contribution in [3.05, 3.63) is 75.7 Å². The monoisotopic (exact) mass is 512 g/mol. The average molecular weight is 514 g/mol. The molecule has 0 radical (unpaired) electrons. The van der Waals surface area contributed by atoms with Crippen LogP contribution in [-0.4, -0.2) is 17.5 Å². The number of nitrogens with one attached hydrogen (secondary N) is 1. The number of benzene rings is 3. The van der Waals surface area contributed by atoms with Gasteiger partial charge in [0.05, 0.1) is 10.7 Å². The van der Waals surface area contributed by atoms with E-state index < -0.39 is 0 Å². The van der Waals surface area contributed by atoms with E-state index in [-0.39, 0.29) is 12.5 Å². The van der Waals surface area contributed by atoms with Gasteiger partial charge in [-0.15, -0.1) is 0 Å². The van der Waals surface area contributed by atoms with E-state index in [4.69, 9.17) is 20.8 Å². The Morgan fingerprint density at radius 2 is 1.94 bits per heavy atom. The molecule has 0 aliphatic carbocycles. The van der Waals surface area contributed by atoms with Crippen LogP contribution in [0.4, 0.5) is 5.69 Å². The Bertz CT molecular complexity index is 1250. The molecule has 1 heterocycles. The number of hydrogen-bond acceptors (Lipinski definition) is 4. The Hall–Kier alpha value is -2.83. The van der Waals surface area contributed by atoms with Crippen LogP contribution in [0.25, 0.3) is 22.6 Å². The molecule has 0 aliphatic heterocycles. The smallest absolute Gasteiger partial charge is 0.262 e. The molecule has 1 atom stereocenters. The summed E-state index contributed by atoms with van der Waals surface area (Å²) < 4.78 is 12.4. The lowest BCUT2D eigenvalue weighted by Crippen LogP contribution is -2.20. The maximum absolute atomic E-state index is 12.4. The summed E-state index contributed by atoms with van der Waals surface area (Å²) in [6.07, 6.45) is 1.06. The van der Waals surface area contributed by atoms with Crippen LogP contribution in [0.1, 0.15) is 31.7 Å². The number of aromatic nitrogens is 1. The Labute approximate surface area is 199 Å². The molecule has 5 nitrogen and oxygen atoms in total. The predicted octanol–water partition coefficient (Wildman–Crippen LogP) is 7.44. The highest BCUT2D eigenvalue weighted by Gasteiger charge is 2.14. The van der Waals surface area contributed by atoms with Crippen LogP contribution >= 0.6 is 27.5 Å². The van der Waals surface area contributed by atoms with Gasteiger partial charge in [-0.1, -0.05) is 47.4 Å². The van der Waals surface area contributed by atoms with Crippen molar-refractivity contribution in [1.29, 1.82) is 0 Å². The third-order valence-corrected chi connectivity index (χ3v) is 6.12. The summed E-state index contributed by atoms with van der Waals surface area (Å²) in [6, 6.07) is 18.6. The van der Waals surface area contributed by atoms with E-state index in [1.165, 1.54) is 5.56 Å². The van der Waals surface area contributed by atoms with Crippen molar-refractivity contribution in [3.63, 3.8) is 0 Å². The first-order chi connectivity index (χ1) is 15.4. The molecule has 0 bridgehead atoms. The number of anilines is 1. The van der Waals surface area contributed by atoms with Gasteiger partial charge in [-0.25, -0.2) is 4.98 Å². The fourth-order valence-corrected chi connectivity index (χ4v) is 3.66. The summed E-state index contributed by atoms with van der Waals surface area (Å²) in [5.41, 5.74) is 3.95. The van der Waals surface area contributed by atoms with Crippen LogP contribution in [0.5, 0.6) is 5.75 Å². The molecule has 0 spiro atoms. The maximum Gasteiger partial charge on any atom is 0.262 e. The zero-order valence-corrected chi connectivity index (χ0v) is 20.0. The summed E-state index contributed by atoms with van der Waals surface area (Å²) >= 11 is 9.67. The molecule has 4 aromatic rings. The van der Waals surface area contributed by atoms with Crippen molar-refractivity contribution in [1.82, 2.24) is 4.98 Å². The lowest BCUT2D eigenvalue weighted by molar-refractivity contribution is -0.118. The minimum absolute atomic E-state index is 0.135. The topological polar surface area (TPSA) is 64.4 Å². The Kier molecular flexibility index (Phi) is 6.82. The molecule has 1 unspecified atom stereocenters. The summed E-state index contributed by atoms with van der Waals surface area (Å²) in [5.74, 6) is 1.21. The normalized spacial score (nSPS) is 12.0. The van der Waals surface area contributed by atoms with Crippen molar-refractivity contribution >= 4 is 50.2 Å². The molecule has 1 amide bonds. The molecule has 3 aromatic carbocycles. The van der Waals surface area contributed by atoms with Crippen molar-refractivity contribution in [2.45, 2.75) is 26.2 Å². The van der Waals surface area contributed by atoms with Gasteiger partial charge in [0.25, 0.3) is 5.91 Å². The second-order valence-corrected chi connectivity index (χ2v) is 8.86. The van der Waals surface area contributed by atoms with Crippen LogP contribution in [-0.2, 0) is 4.79 Å². The molecule has 0 saturated heterocycles. The Morgan fingerprint density at radius 3 is 2.69 bits per heavy atom. The van der Waals surface area contributed by atoms with E-state index in [0.29, 0.717) is 28.3 Å². The number of ether oxygens (including phenoxy) is 1. The molecule has 7 heteroatoms. The zero-order valence-electron chi connectivity index (χ0n) is 17.7. The molecule has 0 aliphatic rings. The van der Waals surface area contributed by atoms with Crippen LogP contribution in [0.2, 0.25) is 5.02 Å². The fourth-order valence-electron chi connectivity index (χ4n) is 3.23. The van der Waals surface area contributed by atoms with Crippen molar-refractivity contribution in [3.8, 4) is 17.2 Å². The van der Waals surface area contributed by atoms with Gasteiger partial charge in [-0.3, -0.25) is 4.79 Å². The molecular formula is C25H22BrClN2O3. The number of fused-ring (bicyclic) bond motifs is 1. The van der Waals surface area contributed by atoms with Crippen LogP contribution < -0.4 is 10.1 Å². The number of halogens is 2. The van der Waals surface area contributed by atoms with Gasteiger partial charge in [0.2, 0.25) is 5.89 Å². The van der Waals surface area contributed by atoms with Crippen LogP contribution in [0.15, 0.2) is 69.6 Å². The summed E-state index contributed by atoms with van der Waals surface area (Å²) in [5, 5.41) is 3.21. The quantitative estimate of drug-likeness (QED) is 0.279. The average Bonchev–Trinajstić information content (AvgIpc) is 3.23. The number of carbonyl (C=O) groups excluding carboxylic acids is 1. The van der Waals surface area contributed by atoms with Crippen molar-refractivity contribution in [2.75, 3.05) is 11.9 Å². The first kappa shape index (κ1) is 22.4. The van der Waals surface area contributed by atoms with Gasteiger partial charge in [0, 0.05) is 10.0 Å². The predicted molar refractivity (Wildman–Crippen MR) is 131 cm³/mol. The summed E-state index contributed by atoms with van der Waals surface area (Å²) in [7, 11) is 0. The number of carbonyl (C=O) groups is 1. The van der Waals surface area contributed by atoms with Gasteiger partial charge in [0.15, 0.2) is 12.2 Å². The minimum atomic E-state index is -0.317. The number of rotatable bonds is 7. The maximum atomic E-state index is 12.4. The lowest BCUT2D eigenvalue weighted by atomic mass is 9.98. The van der Waals surface area contributed by atoms with E-state index in [9.17, 15) is 4.79 Å². The standard InChI is InChI=1S/C25H22BrClN2O3/c1-3-15(2)16-5-11-23-22(12-16)29-25(32-23)17-4-10-20(27)21(13-17)28-24(30)14-31-19-8-6-18(26)7-9-19/h4-13,15H,3,14H2,1-2H3,(H,28,30). The van der Waals surface area contributed by atoms with E-state index >= 15 is 0 Å². The second kappa shape index (κ2) is 9.76. The van der Waals surface area contributed by atoms with Crippen molar-refractivity contribution < 1.29 is 13.9 Å².